The lowest BCUT2D eigenvalue weighted by atomic mass is 10.2. The number of ether oxygens (including phenoxy) is 1. The number of nitrogens with one attached hydrogen (secondary N) is 2. The molecule has 3 N–H and O–H groups in total. The lowest BCUT2D eigenvalue weighted by molar-refractivity contribution is 0.415. The average molecular weight is 368 g/mol. The number of nitrogens with zero attached hydrogens (tertiary/aromatic N) is 2. The molecule has 1 aliphatic heterocycles. The third-order valence-corrected chi connectivity index (χ3v) is 4.66. The van der Waals surface area contributed by atoms with E-state index in [1.54, 1.807) is 19.2 Å². The minimum absolute atomic E-state index is 0.273. The number of aliphatic imine (C=N–C) groups is 1. The summed E-state index contributed by atoms with van der Waals surface area (Å²) in [6.07, 6.45) is 1.04. The van der Waals surface area contributed by atoms with Crippen molar-refractivity contribution in [1.29, 1.82) is 0 Å². The first kappa shape index (κ1) is 18.9. The summed E-state index contributed by atoms with van der Waals surface area (Å²) in [4.78, 5) is 7.03. The van der Waals surface area contributed by atoms with Gasteiger partial charge in [0.1, 0.15) is 11.5 Å². The van der Waals surface area contributed by atoms with Gasteiger partial charge in [-0.15, -0.1) is 0 Å². The summed E-state index contributed by atoms with van der Waals surface area (Å²) < 4.78 is 5.49. The van der Waals surface area contributed by atoms with E-state index in [0.29, 0.717) is 12.6 Å². The lowest BCUT2D eigenvalue weighted by Crippen LogP contribution is -2.44. The van der Waals surface area contributed by atoms with Crippen molar-refractivity contribution >= 4 is 11.6 Å². The van der Waals surface area contributed by atoms with Crippen LogP contribution in [0.15, 0.2) is 53.5 Å². The fraction of sp³-hybridized carbons (Fsp3) is 0.381. The van der Waals surface area contributed by atoms with Crippen LogP contribution in [-0.4, -0.2) is 43.9 Å². The van der Waals surface area contributed by atoms with Crippen LogP contribution >= 0.6 is 0 Å². The van der Waals surface area contributed by atoms with E-state index in [4.69, 9.17) is 4.74 Å². The second-order valence-corrected chi connectivity index (χ2v) is 6.61. The van der Waals surface area contributed by atoms with Crippen LogP contribution in [0, 0.1) is 0 Å². The zero-order chi connectivity index (χ0) is 19.1. The number of para-hydroxylation sites is 2. The molecule has 6 heteroatoms. The van der Waals surface area contributed by atoms with E-state index in [-0.39, 0.29) is 5.75 Å². The first-order valence-electron chi connectivity index (χ1n) is 9.40. The molecule has 0 aromatic heterocycles. The van der Waals surface area contributed by atoms with E-state index >= 15 is 0 Å². The van der Waals surface area contributed by atoms with Crippen LogP contribution < -0.4 is 20.3 Å². The van der Waals surface area contributed by atoms with E-state index in [1.807, 2.05) is 30.3 Å². The summed E-state index contributed by atoms with van der Waals surface area (Å²) in [5, 5.41) is 16.2. The van der Waals surface area contributed by atoms with Gasteiger partial charge in [-0.25, -0.2) is 4.99 Å². The van der Waals surface area contributed by atoms with Gasteiger partial charge in [0.15, 0.2) is 5.96 Å². The van der Waals surface area contributed by atoms with Gasteiger partial charge in [-0.3, -0.25) is 0 Å². The number of hydrogen-bond donors (Lipinski definition) is 3. The molecule has 0 saturated carbocycles. The Morgan fingerprint density at radius 1 is 1.22 bits per heavy atom. The molecule has 2 aromatic rings. The fourth-order valence-electron chi connectivity index (χ4n) is 3.27. The van der Waals surface area contributed by atoms with Crippen LogP contribution in [0.5, 0.6) is 11.5 Å². The number of benzene rings is 2. The van der Waals surface area contributed by atoms with Crippen molar-refractivity contribution in [3.63, 3.8) is 0 Å². The maximum absolute atomic E-state index is 9.39. The van der Waals surface area contributed by atoms with Gasteiger partial charge in [0, 0.05) is 25.7 Å². The Bertz CT molecular complexity index is 761. The molecule has 0 radical (unpaired) electrons. The van der Waals surface area contributed by atoms with Crippen molar-refractivity contribution < 1.29 is 9.84 Å². The Balaban J connectivity index is 1.61. The highest BCUT2D eigenvalue weighted by Crippen LogP contribution is 2.30. The van der Waals surface area contributed by atoms with E-state index < -0.39 is 0 Å². The standard InChI is InChI=1S/C21H28N4O2/c1-3-22-21(23-14-16-8-10-18(26)11-9-16)24-17-12-13-25(15-17)19-6-4-5-7-20(19)27-2/h4-11,17,26H,3,12-15H2,1-2H3,(H2,22,23,24). The SMILES string of the molecule is CCNC(=NCc1ccc(O)cc1)NC1CCN(c2ccccc2OC)C1. The molecule has 2 aromatic carbocycles. The predicted molar refractivity (Wildman–Crippen MR) is 110 cm³/mol. The second kappa shape index (κ2) is 9.16. The summed E-state index contributed by atoms with van der Waals surface area (Å²) in [7, 11) is 1.71. The molecule has 1 atom stereocenters. The second-order valence-electron chi connectivity index (χ2n) is 6.61. The first-order valence-corrected chi connectivity index (χ1v) is 9.40. The van der Waals surface area contributed by atoms with Gasteiger partial charge in [-0.2, -0.15) is 0 Å². The molecule has 0 spiro atoms. The number of phenols is 1. The van der Waals surface area contributed by atoms with E-state index in [1.165, 1.54) is 0 Å². The zero-order valence-corrected chi connectivity index (χ0v) is 16.0. The van der Waals surface area contributed by atoms with Crippen LogP contribution in [-0.2, 0) is 6.54 Å². The molecule has 144 valence electrons. The van der Waals surface area contributed by atoms with E-state index in [0.717, 1.165) is 49.0 Å². The van der Waals surface area contributed by atoms with Crippen LogP contribution in [0.1, 0.15) is 18.9 Å². The van der Waals surface area contributed by atoms with Crippen molar-refractivity contribution in [1.82, 2.24) is 10.6 Å². The van der Waals surface area contributed by atoms with Gasteiger partial charge in [-0.1, -0.05) is 24.3 Å². The summed E-state index contributed by atoms with van der Waals surface area (Å²) in [6, 6.07) is 15.6. The average Bonchev–Trinajstić information content (AvgIpc) is 3.16. The van der Waals surface area contributed by atoms with E-state index in [9.17, 15) is 5.11 Å². The Morgan fingerprint density at radius 3 is 2.74 bits per heavy atom. The van der Waals surface area contributed by atoms with Gasteiger partial charge in [0.2, 0.25) is 0 Å². The zero-order valence-electron chi connectivity index (χ0n) is 16.0. The Morgan fingerprint density at radius 2 is 2.00 bits per heavy atom. The molecular weight excluding hydrogens is 340 g/mol. The molecule has 6 nitrogen and oxygen atoms in total. The Hall–Kier alpha value is -2.89. The van der Waals surface area contributed by atoms with E-state index in [2.05, 4.69) is 33.5 Å². The predicted octanol–water partition coefficient (Wildman–Crippen LogP) is 2.73. The van der Waals surface area contributed by atoms with Crippen LogP contribution in [0.25, 0.3) is 0 Å². The summed E-state index contributed by atoms with van der Waals surface area (Å²) in [6.45, 7) is 5.33. The van der Waals surface area contributed by atoms with Crippen molar-refractivity contribution in [2.24, 2.45) is 4.99 Å². The summed E-state index contributed by atoms with van der Waals surface area (Å²) in [5.41, 5.74) is 2.20. The first-order chi connectivity index (χ1) is 13.2. The maximum Gasteiger partial charge on any atom is 0.191 e. The van der Waals surface area contributed by atoms with Gasteiger partial charge in [0.05, 0.1) is 19.3 Å². The third-order valence-electron chi connectivity index (χ3n) is 4.66. The quantitative estimate of drug-likeness (QED) is 0.540. The number of methoxy groups -OCH3 is 1. The maximum atomic E-state index is 9.39. The van der Waals surface area contributed by atoms with Crippen LogP contribution in [0.4, 0.5) is 5.69 Å². The topological polar surface area (TPSA) is 69.1 Å². The number of hydrogen-bond acceptors (Lipinski definition) is 4. The molecule has 27 heavy (non-hydrogen) atoms. The summed E-state index contributed by atoms with van der Waals surface area (Å²) >= 11 is 0. The molecule has 1 saturated heterocycles. The molecule has 0 bridgehead atoms. The highest BCUT2D eigenvalue weighted by Gasteiger charge is 2.25. The molecule has 0 aliphatic carbocycles. The lowest BCUT2D eigenvalue weighted by Gasteiger charge is -2.22. The van der Waals surface area contributed by atoms with Crippen molar-refractivity contribution in [3.8, 4) is 11.5 Å². The number of guanidine groups is 1. The largest absolute Gasteiger partial charge is 0.508 e. The van der Waals surface area contributed by atoms with Crippen LogP contribution in [0.2, 0.25) is 0 Å². The highest BCUT2D eigenvalue weighted by atomic mass is 16.5. The van der Waals surface area contributed by atoms with Crippen molar-refractivity contribution in [2.45, 2.75) is 25.9 Å². The van der Waals surface area contributed by atoms with Crippen molar-refractivity contribution in [3.05, 3.63) is 54.1 Å². The monoisotopic (exact) mass is 368 g/mol. The van der Waals surface area contributed by atoms with Crippen molar-refractivity contribution in [2.75, 3.05) is 31.6 Å². The molecular formula is C21H28N4O2. The highest BCUT2D eigenvalue weighted by molar-refractivity contribution is 5.80. The Labute approximate surface area is 160 Å². The number of rotatable bonds is 6. The minimum Gasteiger partial charge on any atom is -0.508 e. The molecule has 3 rings (SSSR count). The fourth-order valence-corrected chi connectivity index (χ4v) is 3.27. The van der Waals surface area contributed by atoms with Gasteiger partial charge in [-0.05, 0) is 43.2 Å². The van der Waals surface area contributed by atoms with Gasteiger partial charge in [0.25, 0.3) is 0 Å². The summed E-state index contributed by atoms with van der Waals surface area (Å²) in [5.74, 6) is 2.00. The van der Waals surface area contributed by atoms with Gasteiger partial charge >= 0.3 is 0 Å². The smallest absolute Gasteiger partial charge is 0.191 e. The molecule has 1 fully saturated rings. The number of aromatic hydroxyl groups is 1. The minimum atomic E-state index is 0.273. The van der Waals surface area contributed by atoms with Crippen LogP contribution in [0.3, 0.4) is 0 Å². The molecule has 1 unspecified atom stereocenters. The third kappa shape index (κ3) is 5.06. The molecule has 1 aliphatic rings. The normalized spacial score (nSPS) is 17.0. The molecule has 1 heterocycles. The number of phenolic OH excluding ortho intramolecular Hbond substituents is 1. The molecule has 0 amide bonds. The van der Waals surface area contributed by atoms with Gasteiger partial charge < -0.3 is 25.4 Å². The Kier molecular flexibility index (Phi) is 6.41. The number of anilines is 1.